The Hall–Kier alpha value is -2.08. The summed E-state index contributed by atoms with van der Waals surface area (Å²) in [5.74, 6) is -0.887. The average molecular weight is 306 g/mol. The van der Waals surface area contributed by atoms with Crippen LogP contribution in [0, 0.1) is 0 Å². The minimum absolute atomic E-state index is 0.0830. The summed E-state index contributed by atoms with van der Waals surface area (Å²) in [5, 5.41) is 12.2. The Balaban J connectivity index is 1.89. The van der Waals surface area contributed by atoms with E-state index in [2.05, 4.69) is 5.32 Å². The van der Waals surface area contributed by atoms with Crippen molar-refractivity contribution < 1.29 is 19.4 Å². The van der Waals surface area contributed by atoms with Crippen LogP contribution in [0.5, 0.6) is 0 Å². The van der Waals surface area contributed by atoms with E-state index < -0.39 is 23.7 Å². The number of rotatable bonds is 4. The highest BCUT2D eigenvalue weighted by molar-refractivity contribution is 5.76. The number of benzene rings is 1. The molecule has 1 atom stereocenters. The second kappa shape index (κ2) is 6.36. The molecule has 1 fully saturated rings. The van der Waals surface area contributed by atoms with Crippen molar-refractivity contribution in [3.05, 3.63) is 35.9 Å². The maximum absolute atomic E-state index is 11.7. The van der Waals surface area contributed by atoms with Gasteiger partial charge >= 0.3 is 12.1 Å². The molecule has 0 aromatic heterocycles. The first-order valence-electron chi connectivity index (χ1n) is 7.27. The molecule has 6 nitrogen and oxygen atoms in total. The van der Waals surface area contributed by atoms with Crippen molar-refractivity contribution in [3.63, 3.8) is 0 Å². The summed E-state index contributed by atoms with van der Waals surface area (Å²) in [5.41, 5.74) is 0.201. The molecule has 1 aromatic rings. The number of amides is 1. The second-order valence-corrected chi connectivity index (χ2v) is 6.45. The minimum Gasteiger partial charge on any atom is -0.480 e. The van der Waals surface area contributed by atoms with E-state index in [0.717, 1.165) is 5.56 Å². The zero-order valence-corrected chi connectivity index (χ0v) is 13.1. The number of aliphatic carboxylic acids is 1. The van der Waals surface area contributed by atoms with Crippen molar-refractivity contribution >= 4 is 12.1 Å². The van der Waals surface area contributed by atoms with Crippen LogP contribution in [-0.2, 0) is 9.53 Å². The summed E-state index contributed by atoms with van der Waals surface area (Å²) in [4.78, 5) is 25.0. The molecule has 2 N–H and O–H groups in total. The average Bonchev–Trinajstić information content (AvgIpc) is 2.34. The Bertz CT molecular complexity index is 533. The Kier molecular flexibility index (Phi) is 4.71. The number of nitrogens with one attached hydrogen (secondary N) is 1. The van der Waals surface area contributed by atoms with Crippen LogP contribution in [0.15, 0.2) is 30.3 Å². The van der Waals surface area contributed by atoms with Crippen LogP contribution in [-0.4, -0.2) is 46.8 Å². The third-order valence-electron chi connectivity index (χ3n) is 3.35. The third-order valence-corrected chi connectivity index (χ3v) is 3.35. The predicted octanol–water partition coefficient (Wildman–Crippen LogP) is 2.02. The zero-order valence-electron chi connectivity index (χ0n) is 13.1. The SMILES string of the molecule is CC(C)(C)OC(=O)NC1CN(C(C(=O)O)c2ccccc2)C1. The van der Waals surface area contributed by atoms with Crippen molar-refractivity contribution in [1.29, 1.82) is 0 Å². The molecular weight excluding hydrogens is 284 g/mol. The van der Waals surface area contributed by atoms with E-state index in [1.807, 2.05) is 23.1 Å². The smallest absolute Gasteiger partial charge is 0.407 e. The molecule has 0 bridgehead atoms. The van der Waals surface area contributed by atoms with E-state index in [0.29, 0.717) is 13.1 Å². The summed E-state index contributed by atoms with van der Waals surface area (Å²) in [6, 6.07) is 8.33. The van der Waals surface area contributed by atoms with Crippen molar-refractivity contribution in [2.45, 2.75) is 38.5 Å². The van der Waals surface area contributed by atoms with Crippen LogP contribution in [0.1, 0.15) is 32.4 Å². The molecular formula is C16H22N2O4. The van der Waals surface area contributed by atoms with Gasteiger partial charge in [0.1, 0.15) is 11.6 Å². The molecule has 22 heavy (non-hydrogen) atoms. The number of hydrogen-bond acceptors (Lipinski definition) is 4. The van der Waals surface area contributed by atoms with Crippen molar-refractivity contribution in [1.82, 2.24) is 10.2 Å². The van der Waals surface area contributed by atoms with Crippen molar-refractivity contribution in [2.75, 3.05) is 13.1 Å². The number of alkyl carbamates (subject to hydrolysis) is 1. The lowest BCUT2D eigenvalue weighted by atomic mass is 9.99. The molecule has 1 heterocycles. The fraction of sp³-hybridized carbons (Fsp3) is 0.500. The van der Waals surface area contributed by atoms with Crippen LogP contribution in [0.4, 0.5) is 4.79 Å². The number of carboxylic acid groups (broad SMARTS) is 1. The maximum atomic E-state index is 11.7. The summed E-state index contributed by atoms with van der Waals surface area (Å²) in [7, 11) is 0. The topological polar surface area (TPSA) is 78.9 Å². The molecule has 0 saturated carbocycles. The van der Waals surface area contributed by atoms with Gasteiger partial charge in [-0.1, -0.05) is 30.3 Å². The lowest BCUT2D eigenvalue weighted by molar-refractivity contribution is -0.145. The molecule has 1 unspecified atom stereocenters. The molecule has 1 amide bonds. The van der Waals surface area contributed by atoms with Crippen molar-refractivity contribution in [3.8, 4) is 0 Å². The highest BCUT2D eigenvalue weighted by Crippen LogP contribution is 2.26. The van der Waals surface area contributed by atoms with Crippen molar-refractivity contribution in [2.24, 2.45) is 0 Å². The zero-order chi connectivity index (χ0) is 16.3. The number of carbonyl (C=O) groups excluding carboxylic acids is 1. The van der Waals surface area contributed by atoms with Gasteiger partial charge in [0.15, 0.2) is 0 Å². The first kappa shape index (κ1) is 16.3. The fourth-order valence-electron chi connectivity index (χ4n) is 2.43. The highest BCUT2D eigenvalue weighted by atomic mass is 16.6. The standard InChI is InChI=1S/C16H22N2O4/c1-16(2,3)22-15(21)17-12-9-18(10-12)13(14(19)20)11-7-5-4-6-8-11/h4-8,12-13H,9-10H2,1-3H3,(H,17,21)(H,19,20). The number of carbonyl (C=O) groups is 2. The van der Waals surface area contributed by atoms with Gasteiger partial charge in [0.2, 0.25) is 0 Å². The van der Waals surface area contributed by atoms with E-state index in [1.54, 1.807) is 32.9 Å². The van der Waals surface area contributed by atoms with Gasteiger partial charge in [-0.3, -0.25) is 9.69 Å². The number of hydrogen-bond donors (Lipinski definition) is 2. The van der Waals surface area contributed by atoms with Gasteiger partial charge in [-0.2, -0.15) is 0 Å². The summed E-state index contributed by atoms with van der Waals surface area (Å²) >= 11 is 0. The normalized spacial score (nSPS) is 17.4. The molecule has 1 aromatic carbocycles. The van der Waals surface area contributed by atoms with E-state index in [9.17, 15) is 14.7 Å². The molecule has 0 radical (unpaired) electrons. The Morgan fingerprint density at radius 2 is 1.86 bits per heavy atom. The summed E-state index contributed by atoms with van der Waals surface area (Å²) in [6.45, 7) is 6.39. The van der Waals surface area contributed by atoms with Crippen LogP contribution in [0.25, 0.3) is 0 Å². The summed E-state index contributed by atoms with van der Waals surface area (Å²) < 4.78 is 5.19. The largest absolute Gasteiger partial charge is 0.480 e. The number of likely N-dealkylation sites (tertiary alicyclic amines) is 1. The number of carboxylic acids is 1. The van der Waals surface area contributed by atoms with Gasteiger partial charge in [-0.15, -0.1) is 0 Å². The van der Waals surface area contributed by atoms with Crippen LogP contribution in [0.3, 0.4) is 0 Å². The molecule has 0 aliphatic carbocycles. The van der Waals surface area contributed by atoms with Crippen LogP contribution < -0.4 is 5.32 Å². The maximum Gasteiger partial charge on any atom is 0.407 e. The number of nitrogens with zero attached hydrogens (tertiary/aromatic N) is 1. The monoisotopic (exact) mass is 306 g/mol. The van der Waals surface area contributed by atoms with Crippen LogP contribution in [0.2, 0.25) is 0 Å². The van der Waals surface area contributed by atoms with Gasteiger partial charge in [-0.25, -0.2) is 4.79 Å². The van der Waals surface area contributed by atoms with Gasteiger partial charge in [-0.05, 0) is 26.3 Å². The second-order valence-electron chi connectivity index (χ2n) is 6.45. The van der Waals surface area contributed by atoms with E-state index >= 15 is 0 Å². The van der Waals surface area contributed by atoms with Crippen LogP contribution >= 0.6 is 0 Å². The lowest BCUT2D eigenvalue weighted by Crippen LogP contribution is -2.61. The predicted molar refractivity (Wildman–Crippen MR) is 81.5 cm³/mol. The molecule has 2 rings (SSSR count). The molecule has 1 aliphatic heterocycles. The minimum atomic E-state index is -0.887. The Labute approximate surface area is 130 Å². The van der Waals surface area contributed by atoms with E-state index in [-0.39, 0.29) is 6.04 Å². The molecule has 6 heteroatoms. The Morgan fingerprint density at radius 1 is 1.27 bits per heavy atom. The highest BCUT2D eigenvalue weighted by Gasteiger charge is 2.38. The first-order valence-corrected chi connectivity index (χ1v) is 7.27. The molecule has 1 saturated heterocycles. The van der Waals surface area contributed by atoms with Gasteiger partial charge in [0.25, 0.3) is 0 Å². The summed E-state index contributed by atoms with van der Waals surface area (Å²) in [6.07, 6.45) is -0.469. The molecule has 1 aliphatic rings. The molecule has 120 valence electrons. The third kappa shape index (κ3) is 4.21. The number of ether oxygens (including phenoxy) is 1. The molecule has 0 spiro atoms. The quantitative estimate of drug-likeness (QED) is 0.890. The fourth-order valence-corrected chi connectivity index (χ4v) is 2.43. The van der Waals surface area contributed by atoms with Gasteiger partial charge in [0, 0.05) is 13.1 Å². The van der Waals surface area contributed by atoms with Gasteiger partial charge < -0.3 is 15.2 Å². The first-order chi connectivity index (χ1) is 10.3. The Morgan fingerprint density at radius 3 is 2.36 bits per heavy atom. The van der Waals surface area contributed by atoms with E-state index in [1.165, 1.54) is 0 Å². The lowest BCUT2D eigenvalue weighted by Gasteiger charge is -2.42. The van der Waals surface area contributed by atoms with Gasteiger partial charge in [0.05, 0.1) is 6.04 Å². The van der Waals surface area contributed by atoms with E-state index in [4.69, 9.17) is 4.74 Å².